The smallest absolute Gasteiger partial charge is 0.244 e. The van der Waals surface area contributed by atoms with Crippen molar-refractivity contribution in [3.8, 4) is 0 Å². The standard InChI is InChI=1S/C12H18N2O3S2/c15-9-11-12(3-7-18-11)19(16,17)14-6-5-13-4-1-2-10(13)8-14/h3,7,10,15H,1-2,4-6,8-9H2. The molecule has 2 saturated heterocycles. The van der Waals surface area contributed by atoms with Crippen LogP contribution >= 0.6 is 11.3 Å². The third-order valence-electron chi connectivity index (χ3n) is 4.02. The molecular formula is C12H18N2O3S2. The fourth-order valence-electron chi connectivity index (χ4n) is 2.99. The third kappa shape index (κ3) is 2.34. The average Bonchev–Trinajstić information content (AvgIpc) is 3.06. The Bertz CT molecular complexity index is 555. The molecule has 1 unspecified atom stereocenters. The number of piperazine rings is 1. The zero-order valence-corrected chi connectivity index (χ0v) is 12.3. The molecule has 2 aliphatic heterocycles. The number of fused-ring (bicyclic) bond motifs is 1. The maximum absolute atomic E-state index is 12.6. The third-order valence-corrected chi connectivity index (χ3v) is 7.00. The van der Waals surface area contributed by atoms with Crippen LogP contribution in [0.25, 0.3) is 0 Å². The maximum atomic E-state index is 12.6. The van der Waals surface area contributed by atoms with E-state index >= 15 is 0 Å². The highest BCUT2D eigenvalue weighted by Gasteiger charge is 2.37. The highest BCUT2D eigenvalue weighted by molar-refractivity contribution is 7.89. The Kier molecular flexibility index (Phi) is 3.65. The number of aliphatic hydroxyl groups is 1. The molecule has 2 aliphatic rings. The maximum Gasteiger partial charge on any atom is 0.244 e. The van der Waals surface area contributed by atoms with E-state index in [0.717, 1.165) is 19.5 Å². The molecular weight excluding hydrogens is 284 g/mol. The molecule has 0 spiro atoms. The van der Waals surface area contributed by atoms with Crippen LogP contribution in [0.2, 0.25) is 0 Å². The molecule has 3 heterocycles. The van der Waals surface area contributed by atoms with E-state index in [1.807, 2.05) is 0 Å². The molecule has 2 fully saturated rings. The molecule has 0 radical (unpaired) electrons. The molecule has 0 amide bonds. The van der Waals surface area contributed by atoms with Gasteiger partial charge in [0.15, 0.2) is 0 Å². The molecule has 0 aliphatic carbocycles. The lowest BCUT2D eigenvalue weighted by molar-refractivity contribution is 0.158. The van der Waals surface area contributed by atoms with E-state index in [4.69, 9.17) is 0 Å². The van der Waals surface area contributed by atoms with Crippen LogP contribution in [0, 0.1) is 0 Å². The zero-order chi connectivity index (χ0) is 13.5. The summed E-state index contributed by atoms with van der Waals surface area (Å²) in [6.45, 7) is 2.85. The van der Waals surface area contributed by atoms with Crippen LogP contribution in [0.15, 0.2) is 16.3 Å². The van der Waals surface area contributed by atoms with Gasteiger partial charge in [0.05, 0.1) is 11.5 Å². The van der Waals surface area contributed by atoms with Gasteiger partial charge in [-0.3, -0.25) is 4.90 Å². The summed E-state index contributed by atoms with van der Waals surface area (Å²) in [7, 11) is -3.44. The lowest BCUT2D eigenvalue weighted by atomic mass is 10.2. The molecule has 7 heteroatoms. The van der Waals surface area contributed by atoms with Gasteiger partial charge in [-0.15, -0.1) is 11.3 Å². The Morgan fingerprint density at radius 3 is 3.00 bits per heavy atom. The quantitative estimate of drug-likeness (QED) is 0.893. The van der Waals surface area contributed by atoms with Crippen LogP contribution < -0.4 is 0 Å². The minimum atomic E-state index is -3.44. The second-order valence-corrected chi connectivity index (χ2v) is 7.97. The number of thiophene rings is 1. The van der Waals surface area contributed by atoms with E-state index in [-0.39, 0.29) is 11.5 Å². The van der Waals surface area contributed by atoms with Crippen LogP contribution in [-0.4, -0.2) is 55.0 Å². The molecule has 1 N–H and O–H groups in total. The summed E-state index contributed by atoms with van der Waals surface area (Å²) in [6.07, 6.45) is 2.25. The molecule has 106 valence electrons. The molecule has 0 saturated carbocycles. The van der Waals surface area contributed by atoms with Gasteiger partial charge in [0.25, 0.3) is 0 Å². The van der Waals surface area contributed by atoms with Crippen LogP contribution in [-0.2, 0) is 16.6 Å². The molecule has 1 aromatic rings. The van der Waals surface area contributed by atoms with Gasteiger partial charge in [0.2, 0.25) is 10.0 Å². The summed E-state index contributed by atoms with van der Waals surface area (Å²) in [5, 5.41) is 11.0. The topological polar surface area (TPSA) is 60.9 Å². The summed E-state index contributed by atoms with van der Waals surface area (Å²) in [6, 6.07) is 1.98. The Morgan fingerprint density at radius 1 is 1.37 bits per heavy atom. The first-order valence-corrected chi connectivity index (χ1v) is 8.86. The Balaban J connectivity index is 1.85. The molecule has 1 aromatic heterocycles. The van der Waals surface area contributed by atoms with Crippen molar-refractivity contribution >= 4 is 21.4 Å². The summed E-state index contributed by atoms with van der Waals surface area (Å²) < 4.78 is 26.8. The molecule has 0 bridgehead atoms. The fraction of sp³-hybridized carbons (Fsp3) is 0.667. The first kappa shape index (κ1) is 13.5. The van der Waals surface area contributed by atoms with Crippen LogP contribution in [0.4, 0.5) is 0 Å². The lowest BCUT2D eigenvalue weighted by Crippen LogP contribution is -2.51. The minimum Gasteiger partial charge on any atom is -0.391 e. The highest BCUT2D eigenvalue weighted by atomic mass is 32.2. The molecule has 1 atom stereocenters. The summed E-state index contributed by atoms with van der Waals surface area (Å²) in [5.74, 6) is 0. The van der Waals surface area contributed by atoms with Gasteiger partial charge < -0.3 is 5.11 Å². The summed E-state index contributed by atoms with van der Waals surface area (Å²) >= 11 is 1.29. The first-order chi connectivity index (χ1) is 9.13. The average molecular weight is 302 g/mol. The second kappa shape index (κ2) is 5.14. The second-order valence-electron chi connectivity index (χ2n) is 5.06. The minimum absolute atomic E-state index is 0.213. The summed E-state index contributed by atoms with van der Waals surface area (Å²) in [5.41, 5.74) is 0. The van der Waals surface area contributed by atoms with E-state index in [9.17, 15) is 13.5 Å². The predicted octanol–water partition coefficient (Wildman–Crippen LogP) is 0.709. The van der Waals surface area contributed by atoms with Crippen molar-refractivity contribution < 1.29 is 13.5 Å². The van der Waals surface area contributed by atoms with Crippen molar-refractivity contribution in [2.75, 3.05) is 26.2 Å². The van der Waals surface area contributed by atoms with Gasteiger partial charge in [-0.25, -0.2) is 8.42 Å². The monoisotopic (exact) mass is 302 g/mol. The van der Waals surface area contributed by atoms with E-state index in [1.54, 1.807) is 15.8 Å². The normalized spacial score (nSPS) is 25.6. The van der Waals surface area contributed by atoms with Crippen LogP contribution in [0.5, 0.6) is 0 Å². The van der Waals surface area contributed by atoms with Gasteiger partial charge in [0, 0.05) is 30.6 Å². The van der Waals surface area contributed by atoms with E-state index in [2.05, 4.69) is 4.90 Å². The Hall–Kier alpha value is -0.470. The lowest BCUT2D eigenvalue weighted by Gasteiger charge is -2.36. The fourth-order valence-corrected chi connectivity index (χ4v) is 5.73. The largest absolute Gasteiger partial charge is 0.391 e. The number of hydrogen-bond acceptors (Lipinski definition) is 5. The predicted molar refractivity (Wildman–Crippen MR) is 73.6 cm³/mol. The van der Waals surface area contributed by atoms with Gasteiger partial charge in [-0.2, -0.15) is 4.31 Å². The van der Waals surface area contributed by atoms with Crippen LogP contribution in [0.3, 0.4) is 0 Å². The number of nitrogens with zero attached hydrogens (tertiary/aromatic N) is 2. The van der Waals surface area contributed by atoms with Gasteiger partial charge in [-0.05, 0) is 30.8 Å². The highest BCUT2D eigenvalue weighted by Crippen LogP contribution is 2.29. The van der Waals surface area contributed by atoms with E-state index in [1.165, 1.54) is 17.8 Å². The van der Waals surface area contributed by atoms with Crippen molar-refractivity contribution in [2.45, 2.75) is 30.4 Å². The molecule has 0 aromatic carbocycles. The number of rotatable bonds is 3. The molecule has 19 heavy (non-hydrogen) atoms. The number of aliphatic hydroxyl groups excluding tert-OH is 1. The SMILES string of the molecule is O=S(=O)(c1ccsc1CO)N1CCN2CCCC2C1. The zero-order valence-electron chi connectivity index (χ0n) is 10.7. The van der Waals surface area contributed by atoms with E-state index in [0.29, 0.717) is 24.0 Å². The molecule has 3 rings (SSSR count). The van der Waals surface area contributed by atoms with E-state index < -0.39 is 10.0 Å². The number of hydrogen-bond donors (Lipinski definition) is 1. The Labute approximate surface area is 117 Å². The van der Waals surface area contributed by atoms with Crippen molar-refractivity contribution in [2.24, 2.45) is 0 Å². The number of sulfonamides is 1. The van der Waals surface area contributed by atoms with Crippen molar-refractivity contribution in [1.29, 1.82) is 0 Å². The molecule has 5 nitrogen and oxygen atoms in total. The Morgan fingerprint density at radius 2 is 2.21 bits per heavy atom. The van der Waals surface area contributed by atoms with Gasteiger partial charge in [0.1, 0.15) is 0 Å². The first-order valence-electron chi connectivity index (χ1n) is 6.54. The van der Waals surface area contributed by atoms with Crippen LogP contribution in [0.1, 0.15) is 17.7 Å². The van der Waals surface area contributed by atoms with Gasteiger partial charge >= 0.3 is 0 Å². The van der Waals surface area contributed by atoms with Crippen molar-refractivity contribution in [1.82, 2.24) is 9.21 Å². The summed E-state index contributed by atoms with van der Waals surface area (Å²) in [4.78, 5) is 3.20. The van der Waals surface area contributed by atoms with Crippen molar-refractivity contribution in [3.63, 3.8) is 0 Å². The van der Waals surface area contributed by atoms with Gasteiger partial charge in [-0.1, -0.05) is 0 Å². The van der Waals surface area contributed by atoms with Crippen molar-refractivity contribution in [3.05, 3.63) is 16.3 Å².